The van der Waals surface area contributed by atoms with Crippen molar-refractivity contribution in [2.24, 2.45) is 0 Å². The summed E-state index contributed by atoms with van der Waals surface area (Å²) in [6.45, 7) is 5.27. The van der Waals surface area contributed by atoms with Crippen molar-refractivity contribution in [1.82, 2.24) is 10.3 Å². The average molecular weight is 533 g/mol. The molecule has 40 heavy (non-hydrogen) atoms. The van der Waals surface area contributed by atoms with E-state index in [1.165, 1.54) is 16.7 Å². The number of carbonyl (C=O) groups excluding carboxylic acids is 1. The Morgan fingerprint density at radius 1 is 0.850 bits per heavy atom. The number of nitrogens with one attached hydrogen (secondary N) is 2. The van der Waals surface area contributed by atoms with Crippen LogP contribution in [0.4, 0.5) is 0 Å². The number of benzene rings is 4. The lowest BCUT2D eigenvalue weighted by atomic mass is 9.99. The van der Waals surface area contributed by atoms with Crippen LogP contribution in [0.1, 0.15) is 40.7 Å². The number of fused-ring (bicyclic) bond motifs is 1. The van der Waals surface area contributed by atoms with Gasteiger partial charge in [-0.05, 0) is 97.8 Å². The van der Waals surface area contributed by atoms with Gasteiger partial charge >= 0.3 is 0 Å². The number of H-pyrrole nitrogens is 1. The van der Waals surface area contributed by atoms with Crippen molar-refractivity contribution < 1.29 is 14.6 Å². The number of aryl methyl sites for hydroxylation is 3. The van der Waals surface area contributed by atoms with Gasteiger partial charge in [0, 0.05) is 29.6 Å². The number of hydrogen-bond acceptors (Lipinski definition) is 3. The van der Waals surface area contributed by atoms with Gasteiger partial charge in [-0.25, -0.2) is 0 Å². The summed E-state index contributed by atoms with van der Waals surface area (Å²) in [6.07, 6.45) is 2.77. The van der Waals surface area contributed by atoms with Crippen LogP contribution in [0.15, 0.2) is 91.0 Å². The van der Waals surface area contributed by atoms with Crippen LogP contribution in [0.3, 0.4) is 0 Å². The molecule has 0 unspecified atom stereocenters. The van der Waals surface area contributed by atoms with E-state index in [0.717, 1.165) is 51.9 Å². The largest absolute Gasteiger partial charge is 0.508 e. The Kier molecular flexibility index (Phi) is 8.50. The molecule has 4 aromatic carbocycles. The van der Waals surface area contributed by atoms with Crippen LogP contribution in [0.5, 0.6) is 11.5 Å². The summed E-state index contributed by atoms with van der Waals surface area (Å²) in [5.74, 6) is 1.13. The molecule has 5 rings (SSSR count). The monoisotopic (exact) mass is 532 g/mol. The number of phenols is 1. The van der Waals surface area contributed by atoms with Gasteiger partial charge in [0.15, 0.2) is 0 Å². The minimum atomic E-state index is 0.0541. The summed E-state index contributed by atoms with van der Waals surface area (Å²) in [7, 11) is 0. The fourth-order valence-electron chi connectivity index (χ4n) is 5.22. The van der Waals surface area contributed by atoms with E-state index in [9.17, 15) is 9.90 Å². The highest BCUT2D eigenvalue weighted by atomic mass is 16.5. The van der Waals surface area contributed by atoms with Crippen LogP contribution in [0.2, 0.25) is 0 Å². The summed E-state index contributed by atoms with van der Waals surface area (Å²) in [4.78, 5) is 16.2. The summed E-state index contributed by atoms with van der Waals surface area (Å²) < 4.78 is 5.87. The number of ether oxygens (including phenoxy) is 1. The maximum Gasteiger partial charge on any atom is 0.220 e. The third-order valence-electron chi connectivity index (χ3n) is 7.14. The third-order valence-corrected chi connectivity index (χ3v) is 7.14. The molecule has 0 saturated carbocycles. The lowest BCUT2D eigenvalue weighted by molar-refractivity contribution is -0.121. The minimum Gasteiger partial charge on any atom is -0.508 e. The molecule has 1 aromatic heterocycles. The number of hydrogen-bond donors (Lipinski definition) is 3. The zero-order valence-corrected chi connectivity index (χ0v) is 23.2. The molecule has 1 amide bonds. The molecule has 0 bridgehead atoms. The number of aromatic nitrogens is 1. The zero-order chi connectivity index (χ0) is 27.9. The molecule has 0 saturated heterocycles. The average Bonchev–Trinajstić information content (AvgIpc) is 3.30. The number of rotatable bonds is 11. The predicted molar refractivity (Wildman–Crippen MR) is 162 cm³/mol. The van der Waals surface area contributed by atoms with E-state index in [-0.39, 0.29) is 11.7 Å². The Bertz CT molecular complexity index is 1570. The van der Waals surface area contributed by atoms with E-state index in [2.05, 4.69) is 66.6 Å². The van der Waals surface area contributed by atoms with Gasteiger partial charge in [-0.2, -0.15) is 0 Å². The van der Waals surface area contributed by atoms with Gasteiger partial charge in [0.2, 0.25) is 5.91 Å². The van der Waals surface area contributed by atoms with Crippen molar-refractivity contribution in [1.29, 1.82) is 0 Å². The lowest BCUT2D eigenvalue weighted by Gasteiger charge is -2.10. The van der Waals surface area contributed by atoms with E-state index in [1.54, 1.807) is 12.1 Å². The Hall–Kier alpha value is -4.51. The van der Waals surface area contributed by atoms with Crippen molar-refractivity contribution in [3.8, 4) is 22.8 Å². The first-order valence-electron chi connectivity index (χ1n) is 13.9. The van der Waals surface area contributed by atoms with Crippen LogP contribution < -0.4 is 10.1 Å². The Morgan fingerprint density at radius 3 is 2.35 bits per heavy atom. The Labute approximate surface area is 235 Å². The van der Waals surface area contributed by atoms with Crippen LogP contribution in [0, 0.1) is 13.8 Å². The van der Waals surface area contributed by atoms with Crippen LogP contribution >= 0.6 is 0 Å². The number of aromatic amines is 1. The highest BCUT2D eigenvalue weighted by Gasteiger charge is 2.15. The Morgan fingerprint density at radius 2 is 1.60 bits per heavy atom. The van der Waals surface area contributed by atoms with E-state index in [4.69, 9.17) is 4.74 Å². The van der Waals surface area contributed by atoms with Crippen LogP contribution in [-0.2, 0) is 24.2 Å². The lowest BCUT2D eigenvalue weighted by Crippen LogP contribution is -2.25. The number of carbonyl (C=O) groups is 1. The van der Waals surface area contributed by atoms with Crippen molar-refractivity contribution in [3.63, 3.8) is 0 Å². The van der Waals surface area contributed by atoms with Gasteiger partial charge in [-0.1, -0.05) is 59.7 Å². The molecule has 1 heterocycles. The molecule has 0 aliphatic rings. The van der Waals surface area contributed by atoms with Crippen molar-refractivity contribution in [2.75, 3.05) is 6.54 Å². The first kappa shape index (κ1) is 27.1. The quantitative estimate of drug-likeness (QED) is 0.166. The third kappa shape index (κ3) is 6.92. The molecule has 0 aliphatic heterocycles. The standard InChI is InChI=1S/C35H36N2O3/c1-24-19-25(2)21-28(20-24)35-31(32-22-29(38)13-16-33(32)37-35)17-18-36-34(39)10-6-9-26-11-14-30(15-12-26)40-23-27-7-4-3-5-8-27/h3-5,7-8,11-16,19-22,37-38H,6,9-10,17-18,23H2,1-2H3,(H,36,39). The number of amides is 1. The molecule has 0 atom stereocenters. The summed E-state index contributed by atoms with van der Waals surface area (Å²) in [5.41, 5.74) is 8.97. The molecule has 204 valence electrons. The van der Waals surface area contributed by atoms with Gasteiger partial charge in [-0.15, -0.1) is 0 Å². The number of phenolic OH excluding ortho intramolecular Hbond substituents is 1. The highest BCUT2D eigenvalue weighted by molar-refractivity contribution is 5.92. The smallest absolute Gasteiger partial charge is 0.220 e. The fraction of sp³-hybridized carbons (Fsp3) is 0.229. The van der Waals surface area contributed by atoms with Gasteiger partial charge in [0.05, 0.1) is 0 Å². The molecule has 3 N–H and O–H groups in total. The van der Waals surface area contributed by atoms with Crippen LogP contribution in [0.25, 0.3) is 22.2 Å². The van der Waals surface area contributed by atoms with Gasteiger partial charge < -0.3 is 20.1 Å². The minimum absolute atomic E-state index is 0.0541. The van der Waals surface area contributed by atoms with Crippen LogP contribution in [-0.4, -0.2) is 22.5 Å². The molecule has 5 aromatic rings. The summed E-state index contributed by atoms with van der Waals surface area (Å²) in [5, 5.41) is 14.2. The van der Waals surface area contributed by atoms with E-state index < -0.39 is 0 Å². The van der Waals surface area contributed by atoms with Gasteiger partial charge in [0.1, 0.15) is 18.1 Å². The van der Waals surface area contributed by atoms with Crippen molar-refractivity contribution in [3.05, 3.63) is 119 Å². The molecular weight excluding hydrogens is 496 g/mol. The topological polar surface area (TPSA) is 74.4 Å². The van der Waals surface area contributed by atoms with Crippen molar-refractivity contribution >= 4 is 16.8 Å². The summed E-state index contributed by atoms with van der Waals surface area (Å²) >= 11 is 0. The maximum absolute atomic E-state index is 12.6. The molecule has 0 aliphatic carbocycles. The highest BCUT2D eigenvalue weighted by Crippen LogP contribution is 2.33. The summed E-state index contributed by atoms with van der Waals surface area (Å²) in [6, 6.07) is 30.1. The number of aromatic hydroxyl groups is 1. The maximum atomic E-state index is 12.6. The second kappa shape index (κ2) is 12.6. The molecule has 0 radical (unpaired) electrons. The molecule has 5 nitrogen and oxygen atoms in total. The molecular formula is C35H36N2O3. The molecule has 0 fully saturated rings. The molecule has 0 spiro atoms. The zero-order valence-electron chi connectivity index (χ0n) is 23.2. The predicted octanol–water partition coefficient (Wildman–Crippen LogP) is 7.42. The van der Waals surface area contributed by atoms with Crippen molar-refractivity contribution in [2.45, 2.75) is 46.1 Å². The van der Waals surface area contributed by atoms with Gasteiger partial charge in [0.25, 0.3) is 0 Å². The first-order chi connectivity index (χ1) is 19.4. The SMILES string of the molecule is Cc1cc(C)cc(-c2[nH]c3ccc(O)cc3c2CCNC(=O)CCCc2ccc(OCc3ccccc3)cc2)c1. The fourth-order valence-corrected chi connectivity index (χ4v) is 5.22. The second-order valence-corrected chi connectivity index (χ2v) is 10.5. The normalized spacial score (nSPS) is 11.1. The van der Waals surface area contributed by atoms with Gasteiger partial charge in [-0.3, -0.25) is 4.79 Å². The molecule has 5 heteroatoms. The van der Waals surface area contributed by atoms with E-state index in [0.29, 0.717) is 26.0 Å². The van der Waals surface area contributed by atoms with E-state index >= 15 is 0 Å². The second-order valence-electron chi connectivity index (χ2n) is 10.5. The first-order valence-corrected chi connectivity index (χ1v) is 13.9. The Balaban J connectivity index is 1.13. The van der Waals surface area contributed by atoms with E-state index in [1.807, 2.05) is 36.4 Å².